The average Bonchev–Trinajstić information content (AvgIpc) is 2.72. The largest absolute Gasteiger partial charge is 0.489 e. The molecule has 3 rings (SSSR count). The number of rotatable bonds is 6. The molecule has 0 aliphatic heterocycles. The number of amides is 1. The number of hydrogen-bond donors (Lipinski definition) is 1. The smallest absolute Gasteiger partial charge is 0.251 e. The summed E-state index contributed by atoms with van der Waals surface area (Å²) >= 11 is 0. The summed E-state index contributed by atoms with van der Waals surface area (Å²) in [6, 6.07) is 19.4. The van der Waals surface area contributed by atoms with Crippen molar-refractivity contribution >= 4 is 11.7 Å². The van der Waals surface area contributed by atoms with Crippen molar-refractivity contribution < 1.29 is 18.7 Å². The molecule has 0 saturated carbocycles. The molecule has 3 aromatic carbocycles. The quantitative estimate of drug-likeness (QED) is 0.674. The van der Waals surface area contributed by atoms with Gasteiger partial charge < -0.3 is 10.1 Å². The van der Waals surface area contributed by atoms with Crippen LogP contribution in [0.3, 0.4) is 0 Å². The number of ether oxygens (including phenoxy) is 1. The molecule has 0 aromatic heterocycles. The molecule has 5 heteroatoms. The van der Waals surface area contributed by atoms with Crippen LogP contribution < -0.4 is 10.1 Å². The molecule has 0 heterocycles. The highest BCUT2D eigenvalue weighted by molar-refractivity contribution is 6.09. The van der Waals surface area contributed by atoms with E-state index in [9.17, 15) is 14.0 Å². The zero-order valence-electron chi connectivity index (χ0n) is 14.7. The van der Waals surface area contributed by atoms with E-state index in [2.05, 4.69) is 5.32 Å². The van der Waals surface area contributed by atoms with Gasteiger partial charge in [-0.25, -0.2) is 4.39 Å². The molecule has 0 aliphatic carbocycles. The van der Waals surface area contributed by atoms with Crippen molar-refractivity contribution in [1.29, 1.82) is 0 Å². The molecule has 0 radical (unpaired) electrons. The summed E-state index contributed by atoms with van der Waals surface area (Å²) in [5.41, 5.74) is 2.35. The molecule has 0 bridgehead atoms. The Hall–Kier alpha value is -3.47. The van der Waals surface area contributed by atoms with Crippen molar-refractivity contribution in [3.05, 3.63) is 101 Å². The van der Waals surface area contributed by atoms with Gasteiger partial charge in [0.05, 0.1) is 0 Å². The second-order valence-electron chi connectivity index (χ2n) is 5.93. The molecule has 0 saturated heterocycles. The summed E-state index contributed by atoms with van der Waals surface area (Å²) in [4.78, 5) is 24.0. The van der Waals surface area contributed by atoms with Gasteiger partial charge in [0.2, 0.25) is 0 Å². The average molecular weight is 363 g/mol. The Balaban J connectivity index is 1.65. The fourth-order valence-electron chi connectivity index (χ4n) is 2.58. The minimum Gasteiger partial charge on any atom is -0.489 e. The molecule has 1 N–H and O–H groups in total. The summed E-state index contributed by atoms with van der Waals surface area (Å²) in [6.07, 6.45) is 0. The van der Waals surface area contributed by atoms with Crippen molar-refractivity contribution in [2.45, 2.75) is 6.61 Å². The first kappa shape index (κ1) is 18.3. The summed E-state index contributed by atoms with van der Waals surface area (Å²) in [5.74, 6) is -0.105. The molecule has 0 aliphatic rings. The van der Waals surface area contributed by atoms with Crippen molar-refractivity contribution in [3.8, 4) is 5.75 Å². The van der Waals surface area contributed by atoms with Gasteiger partial charge in [0, 0.05) is 23.7 Å². The Kier molecular flexibility index (Phi) is 5.61. The van der Waals surface area contributed by atoms with E-state index in [1.54, 1.807) is 49.5 Å². The van der Waals surface area contributed by atoms with Crippen LogP contribution in [0.5, 0.6) is 5.75 Å². The van der Waals surface area contributed by atoms with E-state index in [4.69, 9.17) is 4.74 Å². The number of halogens is 1. The number of carbonyl (C=O) groups excluding carboxylic acids is 2. The van der Waals surface area contributed by atoms with E-state index in [1.165, 1.54) is 24.3 Å². The van der Waals surface area contributed by atoms with E-state index in [0.717, 1.165) is 5.56 Å². The van der Waals surface area contributed by atoms with Crippen molar-refractivity contribution in [2.75, 3.05) is 7.05 Å². The lowest BCUT2D eigenvalue weighted by atomic mass is 10.0. The van der Waals surface area contributed by atoms with Gasteiger partial charge in [0.25, 0.3) is 5.91 Å². The van der Waals surface area contributed by atoms with Crippen LogP contribution in [0.15, 0.2) is 72.8 Å². The molecular weight excluding hydrogens is 345 g/mol. The third kappa shape index (κ3) is 4.58. The molecule has 0 unspecified atom stereocenters. The standard InChI is InChI=1S/C22H18FNO3/c1-24-22(26)18-4-2-3-15(13-18)14-27-20-11-7-17(8-12-20)21(25)16-5-9-19(23)10-6-16/h2-13H,14H2,1H3,(H,24,26). The van der Waals surface area contributed by atoms with Crippen LogP contribution in [0.4, 0.5) is 4.39 Å². The maximum absolute atomic E-state index is 13.0. The molecule has 0 spiro atoms. The van der Waals surface area contributed by atoms with Gasteiger partial charge in [0.1, 0.15) is 18.2 Å². The van der Waals surface area contributed by atoms with Crippen molar-refractivity contribution in [3.63, 3.8) is 0 Å². The highest BCUT2D eigenvalue weighted by Crippen LogP contribution is 2.17. The molecule has 3 aromatic rings. The maximum Gasteiger partial charge on any atom is 0.251 e. The van der Waals surface area contributed by atoms with Gasteiger partial charge in [-0.1, -0.05) is 12.1 Å². The molecule has 136 valence electrons. The van der Waals surface area contributed by atoms with E-state index >= 15 is 0 Å². The first-order valence-corrected chi connectivity index (χ1v) is 8.41. The van der Waals surface area contributed by atoms with E-state index in [1.807, 2.05) is 6.07 Å². The highest BCUT2D eigenvalue weighted by atomic mass is 19.1. The monoisotopic (exact) mass is 363 g/mol. The molecular formula is C22H18FNO3. The summed E-state index contributed by atoms with van der Waals surface area (Å²) < 4.78 is 18.7. The van der Waals surface area contributed by atoms with Gasteiger partial charge in [-0.05, 0) is 66.2 Å². The van der Waals surface area contributed by atoms with Gasteiger partial charge >= 0.3 is 0 Å². The summed E-state index contributed by atoms with van der Waals surface area (Å²) in [6.45, 7) is 0.302. The van der Waals surface area contributed by atoms with Gasteiger partial charge in [-0.3, -0.25) is 9.59 Å². The maximum atomic E-state index is 13.0. The van der Waals surface area contributed by atoms with Crippen LogP contribution in [-0.2, 0) is 6.61 Å². The Labute approximate surface area is 156 Å². The van der Waals surface area contributed by atoms with Crippen molar-refractivity contribution in [2.24, 2.45) is 0 Å². The van der Waals surface area contributed by atoms with Gasteiger partial charge in [-0.15, -0.1) is 0 Å². The number of carbonyl (C=O) groups is 2. The Morgan fingerprint density at radius 1 is 0.889 bits per heavy atom. The number of hydrogen-bond acceptors (Lipinski definition) is 3. The predicted octanol–water partition coefficient (Wildman–Crippen LogP) is 4.00. The number of ketones is 1. The van der Waals surface area contributed by atoms with E-state index < -0.39 is 0 Å². The first-order valence-electron chi connectivity index (χ1n) is 8.41. The van der Waals surface area contributed by atoms with E-state index in [-0.39, 0.29) is 17.5 Å². The minimum absolute atomic E-state index is 0.152. The molecule has 0 fully saturated rings. The minimum atomic E-state index is -0.379. The van der Waals surface area contributed by atoms with Crippen LogP contribution in [0.25, 0.3) is 0 Å². The van der Waals surface area contributed by atoms with Crippen molar-refractivity contribution in [1.82, 2.24) is 5.32 Å². The molecule has 27 heavy (non-hydrogen) atoms. The lowest BCUT2D eigenvalue weighted by molar-refractivity contribution is 0.0962. The third-order valence-electron chi connectivity index (χ3n) is 4.04. The predicted molar refractivity (Wildman–Crippen MR) is 100 cm³/mol. The number of benzene rings is 3. The normalized spacial score (nSPS) is 10.3. The fraction of sp³-hybridized carbons (Fsp3) is 0.0909. The zero-order chi connectivity index (χ0) is 19.2. The SMILES string of the molecule is CNC(=O)c1cccc(COc2ccc(C(=O)c3ccc(F)cc3)cc2)c1. The fourth-order valence-corrected chi connectivity index (χ4v) is 2.58. The van der Waals surface area contributed by atoms with E-state index in [0.29, 0.717) is 29.0 Å². The van der Waals surface area contributed by atoms with Gasteiger partial charge in [0.15, 0.2) is 5.78 Å². The lowest BCUT2D eigenvalue weighted by Gasteiger charge is -2.08. The Morgan fingerprint density at radius 2 is 1.52 bits per heavy atom. The lowest BCUT2D eigenvalue weighted by Crippen LogP contribution is -2.17. The van der Waals surface area contributed by atoms with Crippen LogP contribution in [0.2, 0.25) is 0 Å². The molecule has 4 nitrogen and oxygen atoms in total. The second-order valence-corrected chi connectivity index (χ2v) is 5.93. The molecule has 1 amide bonds. The van der Waals surface area contributed by atoms with Crippen LogP contribution in [0.1, 0.15) is 31.8 Å². The topological polar surface area (TPSA) is 55.4 Å². The Morgan fingerprint density at radius 3 is 2.15 bits per heavy atom. The first-order chi connectivity index (χ1) is 13.1. The highest BCUT2D eigenvalue weighted by Gasteiger charge is 2.09. The molecule has 0 atom stereocenters. The van der Waals surface area contributed by atoms with Crippen LogP contribution >= 0.6 is 0 Å². The van der Waals surface area contributed by atoms with Gasteiger partial charge in [-0.2, -0.15) is 0 Å². The summed E-state index contributed by atoms with van der Waals surface area (Å²) in [7, 11) is 1.58. The van der Waals surface area contributed by atoms with Crippen LogP contribution in [-0.4, -0.2) is 18.7 Å². The van der Waals surface area contributed by atoms with Crippen LogP contribution in [0, 0.1) is 5.82 Å². The summed E-state index contributed by atoms with van der Waals surface area (Å²) in [5, 5.41) is 2.58. The zero-order valence-corrected chi connectivity index (χ0v) is 14.7. The third-order valence-corrected chi connectivity index (χ3v) is 4.04. The second kappa shape index (κ2) is 8.27. The number of nitrogens with one attached hydrogen (secondary N) is 1. The Bertz CT molecular complexity index is 950.